The molecule has 0 amide bonds. The Kier molecular flexibility index (Phi) is 8.76. The molecule has 1 heterocycles. The van der Waals surface area contributed by atoms with Crippen LogP contribution in [0.4, 0.5) is 0 Å². The van der Waals surface area contributed by atoms with Crippen molar-refractivity contribution in [2.45, 2.75) is 5.41 Å². The molecule has 2 heteroatoms. The maximum Gasteiger partial charge on any atom is 0.160 e. The molecule has 0 N–H and O–H groups in total. The Bertz CT molecular complexity index is 3440. The lowest BCUT2D eigenvalue weighted by atomic mass is 9.67. The predicted octanol–water partition coefficient (Wildman–Crippen LogP) is 15.5. The van der Waals surface area contributed by atoms with Gasteiger partial charge in [0.05, 0.1) is 16.8 Å². The topological polar surface area (TPSA) is 25.8 Å². The number of rotatable bonds is 7. The van der Waals surface area contributed by atoms with Gasteiger partial charge in [0.25, 0.3) is 0 Å². The molecule has 0 saturated carbocycles. The molecule has 63 heavy (non-hydrogen) atoms. The van der Waals surface area contributed by atoms with Gasteiger partial charge in [-0.15, -0.1) is 0 Å². The number of nitrogens with zero attached hydrogens (tertiary/aromatic N) is 2. The summed E-state index contributed by atoms with van der Waals surface area (Å²) < 4.78 is 0. The third kappa shape index (κ3) is 6.10. The lowest BCUT2D eigenvalue weighted by Crippen LogP contribution is -2.28. The fourth-order valence-electron chi connectivity index (χ4n) is 10.0. The van der Waals surface area contributed by atoms with Crippen LogP contribution in [0.15, 0.2) is 243 Å². The molecule has 10 aromatic carbocycles. The fourth-order valence-corrected chi connectivity index (χ4v) is 10.0. The van der Waals surface area contributed by atoms with Crippen molar-refractivity contribution in [3.8, 4) is 67.3 Å². The van der Waals surface area contributed by atoms with E-state index < -0.39 is 5.41 Å². The summed E-state index contributed by atoms with van der Waals surface area (Å²) >= 11 is 0. The smallest absolute Gasteiger partial charge is 0.160 e. The Hall–Kier alpha value is -8.20. The number of benzene rings is 10. The molecule has 0 saturated heterocycles. The van der Waals surface area contributed by atoms with Gasteiger partial charge in [0, 0.05) is 16.7 Å². The van der Waals surface area contributed by atoms with Gasteiger partial charge in [-0.05, 0) is 95.4 Å². The Morgan fingerprint density at radius 1 is 0.270 bits per heavy atom. The minimum Gasteiger partial charge on any atom is -0.228 e. The van der Waals surface area contributed by atoms with Crippen molar-refractivity contribution in [1.29, 1.82) is 0 Å². The van der Waals surface area contributed by atoms with Crippen molar-refractivity contribution in [3.63, 3.8) is 0 Å². The molecule has 0 unspecified atom stereocenters. The quantitative estimate of drug-likeness (QED) is 0.160. The van der Waals surface area contributed by atoms with Crippen LogP contribution in [0.5, 0.6) is 0 Å². The number of aromatic nitrogens is 2. The van der Waals surface area contributed by atoms with E-state index in [1.165, 1.54) is 66.2 Å². The highest BCUT2D eigenvalue weighted by molar-refractivity contribution is 6.05. The van der Waals surface area contributed by atoms with Crippen molar-refractivity contribution in [1.82, 2.24) is 9.97 Å². The zero-order chi connectivity index (χ0) is 41.7. The van der Waals surface area contributed by atoms with Crippen molar-refractivity contribution in [2.24, 2.45) is 0 Å². The van der Waals surface area contributed by atoms with Crippen LogP contribution in [0.2, 0.25) is 0 Å². The van der Waals surface area contributed by atoms with Gasteiger partial charge < -0.3 is 0 Å². The van der Waals surface area contributed by atoms with E-state index in [1.807, 2.05) is 0 Å². The summed E-state index contributed by atoms with van der Waals surface area (Å²) in [5, 5.41) is 4.71. The highest BCUT2D eigenvalue weighted by atomic mass is 14.9. The first-order valence-corrected chi connectivity index (χ1v) is 21.6. The van der Waals surface area contributed by atoms with Gasteiger partial charge in [-0.3, -0.25) is 0 Å². The van der Waals surface area contributed by atoms with E-state index in [2.05, 4.69) is 243 Å². The van der Waals surface area contributed by atoms with E-state index in [9.17, 15) is 0 Å². The largest absolute Gasteiger partial charge is 0.228 e. The van der Waals surface area contributed by atoms with Crippen LogP contribution in [0.3, 0.4) is 0 Å². The van der Waals surface area contributed by atoms with Crippen LogP contribution in [0.1, 0.15) is 22.3 Å². The standard InChI is InChI=1S/C61H40N2/c1-4-16-41(17-5-1)43-28-31-44(32-29-43)60-62-58(47-33-30-42-18-10-11-19-45(42)38-47)40-59(63-60)54-36-35-50(51-24-12-13-25-52(51)54)46-34-37-57-55(39-46)53-26-14-15-27-56(53)61(57,48-20-6-2-7-21-48)49-22-8-3-9-23-49/h1-40H. The van der Waals surface area contributed by atoms with E-state index in [1.54, 1.807) is 0 Å². The van der Waals surface area contributed by atoms with Crippen molar-refractivity contribution in [3.05, 3.63) is 265 Å². The zero-order valence-corrected chi connectivity index (χ0v) is 34.5. The summed E-state index contributed by atoms with van der Waals surface area (Å²) in [6.07, 6.45) is 0. The first-order chi connectivity index (χ1) is 31.2. The summed E-state index contributed by atoms with van der Waals surface area (Å²) in [5.41, 5.74) is 16.8. The molecule has 0 spiro atoms. The second kappa shape index (κ2) is 15.1. The van der Waals surface area contributed by atoms with Gasteiger partial charge in [-0.1, -0.05) is 224 Å². The molecule has 1 aromatic heterocycles. The van der Waals surface area contributed by atoms with Gasteiger partial charge in [0.1, 0.15) is 0 Å². The molecule has 0 fully saturated rings. The minimum absolute atomic E-state index is 0.436. The number of hydrogen-bond acceptors (Lipinski definition) is 2. The molecule has 0 aliphatic heterocycles. The maximum absolute atomic E-state index is 5.35. The van der Waals surface area contributed by atoms with Crippen LogP contribution >= 0.6 is 0 Å². The van der Waals surface area contributed by atoms with Crippen LogP contribution in [0, 0.1) is 0 Å². The van der Waals surface area contributed by atoms with Crippen LogP contribution < -0.4 is 0 Å². The molecule has 12 rings (SSSR count). The molecule has 1 aliphatic carbocycles. The second-order valence-corrected chi connectivity index (χ2v) is 16.5. The second-order valence-electron chi connectivity index (χ2n) is 16.5. The lowest BCUT2D eigenvalue weighted by molar-refractivity contribution is 0.768. The first kappa shape index (κ1) is 36.6. The molecule has 11 aromatic rings. The van der Waals surface area contributed by atoms with E-state index in [-0.39, 0.29) is 0 Å². The molecule has 1 aliphatic rings. The van der Waals surface area contributed by atoms with Gasteiger partial charge in [0.15, 0.2) is 5.82 Å². The Labute approximate surface area is 367 Å². The van der Waals surface area contributed by atoms with Gasteiger partial charge >= 0.3 is 0 Å². The Morgan fingerprint density at radius 3 is 1.54 bits per heavy atom. The highest BCUT2D eigenvalue weighted by Crippen LogP contribution is 2.57. The minimum atomic E-state index is -0.436. The molecule has 0 atom stereocenters. The third-order valence-corrected chi connectivity index (χ3v) is 13.0. The Morgan fingerprint density at radius 2 is 0.794 bits per heavy atom. The summed E-state index contributed by atoms with van der Waals surface area (Å²) in [6.45, 7) is 0. The maximum atomic E-state index is 5.35. The van der Waals surface area contributed by atoms with E-state index in [0.717, 1.165) is 39.0 Å². The number of hydrogen-bond donors (Lipinski definition) is 0. The monoisotopic (exact) mass is 800 g/mol. The summed E-state index contributed by atoms with van der Waals surface area (Å²) in [5.74, 6) is 0.695. The van der Waals surface area contributed by atoms with Crippen molar-refractivity contribution >= 4 is 21.5 Å². The van der Waals surface area contributed by atoms with Crippen molar-refractivity contribution in [2.75, 3.05) is 0 Å². The molecule has 2 nitrogen and oxygen atoms in total. The summed E-state index contributed by atoms with van der Waals surface area (Å²) in [7, 11) is 0. The lowest BCUT2D eigenvalue weighted by Gasteiger charge is -2.33. The van der Waals surface area contributed by atoms with Crippen LogP contribution in [-0.4, -0.2) is 9.97 Å². The average molecular weight is 801 g/mol. The molecule has 0 bridgehead atoms. The van der Waals surface area contributed by atoms with Crippen LogP contribution in [-0.2, 0) is 5.41 Å². The van der Waals surface area contributed by atoms with Crippen molar-refractivity contribution < 1.29 is 0 Å². The van der Waals surface area contributed by atoms with Crippen LogP contribution in [0.25, 0.3) is 88.8 Å². The summed E-state index contributed by atoms with van der Waals surface area (Å²) in [6, 6.07) is 87.7. The third-order valence-electron chi connectivity index (χ3n) is 13.0. The van der Waals surface area contributed by atoms with E-state index in [0.29, 0.717) is 5.82 Å². The first-order valence-electron chi connectivity index (χ1n) is 21.6. The predicted molar refractivity (Wildman–Crippen MR) is 262 cm³/mol. The summed E-state index contributed by atoms with van der Waals surface area (Å²) in [4.78, 5) is 10.6. The Balaban J connectivity index is 1.02. The van der Waals surface area contributed by atoms with E-state index in [4.69, 9.17) is 9.97 Å². The van der Waals surface area contributed by atoms with Gasteiger partial charge in [-0.2, -0.15) is 0 Å². The number of fused-ring (bicyclic) bond motifs is 5. The fraction of sp³-hybridized carbons (Fsp3) is 0.0164. The molecule has 0 radical (unpaired) electrons. The zero-order valence-electron chi connectivity index (χ0n) is 34.5. The van der Waals surface area contributed by atoms with Gasteiger partial charge in [0.2, 0.25) is 0 Å². The molecular weight excluding hydrogens is 761 g/mol. The normalized spacial score (nSPS) is 12.6. The molecular formula is C61H40N2. The SMILES string of the molecule is c1ccc(-c2ccc(-c3nc(-c4ccc5ccccc5c4)cc(-c4ccc(-c5ccc6c(c5)-c5ccccc5C6(c5ccccc5)c5ccccc5)c5ccccc45)n3)cc2)cc1. The highest BCUT2D eigenvalue weighted by Gasteiger charge is 2.46. The molecule has 294 valence electrons. The van der Waals surface area contributed by atoms with Gasteiger partial charge in [-0.25, -0.2) is 9.97 Å². The van der Waals surface area contributed by atoms with E-state index >= 15 is 0 Å². The average Bonchev–Trinajstić information content (AvgIpc) is 3.67.